The fourth-order valence-electron chi connectivity index (χ4n) is 4.09. The first-order valence-electron chi connectivity index (χ1n) is 8.66. The summed E-state index contributed by atoms with van der Waals surface area (Å²) in [4.78, 5) is 0. The Hall–Kier alpha value is -1.76. The normalized spacial score (nSPS) is 17.3. The molecule has 0 saturated heterocycles. The van der Waals surface area contributed by atoms with Crippen LogP contribution in [0.25, 0.3) is 0 Å². The highest BCUT2D eigenvalue weighted by molar-refractivity contribution is 5.43. The molecule has 0 bridgehead atoms. The van der Waals surface area contributed by atoms with Crippen molar-refractivity contribution in [1.82, 2.24) is 0 Å². The number of benzene rings is 2. The van der Waals surface area contributed by atoms with E-state index in [0.717, 1.165) is 12.1 Å². The van der Waals surface area contributed by atoms with E-state index < -0.39 is 0 Å². The summed E-state index contributed by atoms with van der Waals surface area (Å²) < 4.78 is 0. The summed E-state index contributed by atoms with van der Waals surface area (Å²) in [6.07, 6.45) is 9.13. The molecule has 0 atom stereocenters. The van der Waals surface area contributed by atoms with Gasteiger partial charge in [-0.15, -0.1) is 0 Å². The topological polar surface area (TPSA) is 26.0 Å². The number of anilines is 1. The van der Waals surface area contributed by atoms with E-state index in [1.807, 2.05) is 12.1 Å². The minimum absolute atomic E-state index is 0.405. The van der Waals surface area contributed by atoms with Crippen LogP contribution in [0, 0.1) is 0 Å². The zero-order valence-electron chi connectivity index (χ0n) is 13.6. The highest BCUT2D eigenvalue weighted by Crippen LogP contribution is 2.43. The fourth-order valence-corrected chi connectivity index (χ4v) is 4.09. The first-order chi connectivity index (χ1) is 10.7. The Bertz CT molecular complexity index is 606. The molecule has 2 N–H and O–H groups in total. The van der Waals surface area contributed by atoms with Gasteiger partial charge in [0.15, 0.2) is 0 Å². The average molecular weight is 293 g/mol. The zero-order valence-corrected chi connectivity index (χ0v) is 13.6. The van der Waals surface area contributed by atoms with Crippen LogP contribution in [0.5, 0.6) is 0 Å². The van der Waals surface area contributed by atoms with E-state index >= 15 is 0 Å². The van der Waals surface area contributed by atoms with E-state index in [1.165, 1.54) is 49.7 Å². The molecule has 0 heterocycles. The Morgan fingerprint density at radius 2 is 1.59 bits per heavy atom. The highest BCUT2D eigenvalue weighted by Gasteiger charge is 2.33. The van der Waals surface area contributed by atoms with Crippen LogP contribution in [-0.2, 0) is 11.8 Å². The van der Waals surface area contributed by atoms with Gasteiger partial charge in [-0.25, -0.2) is 0 Å². The Labute approximate surface area is 134 Å². The molecule has 2 aromatic carbocycles. The van der Waals surface area contributed by atoms with Crippen LogP contribution in [0.15, 0.2) is 48.5 Å². The van der Waals surface area contributed by atoms with Gasteiger partial charge < -0.3 is 5.73 Å². The molecule has 116 valence electrons. The summed E-state index contributed by atoms with van der Waals surface area (Å²) in [6.45, 7) is 2.37. The predicted molar refractivity (Wildman–Crippen MR) is 95.2 cm³/mol. The van der Waals surface area contributed by atoms with Crippen LogP contribution in [0.3, 0.4) is 0 Å². The van der Waals surface area contributed by atoms with E-state index in [9.17, 15) is 0 Å². The lowest BCUT2D eigenvalue weighted by Gasteiger charge is -2.38. The van der Waals surface area contributed by atoms with Crippen molar-refractivity contribution in [3.63, 3.8) is 0 Å². The standard InChI is InChI=1S/C21H27N/c1-2-21(14-6-3-7-15-21)20-9-5-4-8-18(20)16-17-10-12-19(22)13-11-17/h4-5,8-13H,2-3,6-7,14-16,22H2,1H3. The van der Waals surface area contributed by atoms with Crippen molar-refractivity contribution in [2.75, 3.05) is 5.73 Å². The molecule has 1 saturated carbocycles. The second-order valence-corrected chi connectivity index (χ2v) is 6.77. The van der Waals surface area contributed by atoms with E-state index in [1.54, 1.807) is 5.56 Å². The molecule has 0 spiro atoms. The molecule has 2 aromatic rings. The van der Waals surface area contributed by atoms with E-state index in [4.69, 9.17) is 5.73 Å². The smallest absolute Gasteiger partial charge is 0.0314 e. The maximum atomic E-state index is 5.81. The molecule has 0 amide bonds. The quantitative estimate of drug-likeness (QED) is 0.743. The first kappa shape index (κ1) is 15.1. The van der Waals surface area contributed by atoms with Gasteiger partial charge in [-0.2, -0.15) is 0 Å². The highest BCUT2D eigenvalue weighted by atomic mass is 14.5. The van der Waals surface area contributed by atoms with Gasteiger partial charge in [0.25, 0.3) is 0 Å². The number of nitrogens with two attached hydrogens (primary N) is 1. The maximum Gasteiger partial charge on any atom is 0.0314 e. The number of hydrogen-bond donors (Lipinski definition) is 1. The summed E-state index contributed by atoms with van der Waals surface area (Å²) in [6, 6.07) is 17.4. The molecule has 3 rings (SSSR count). The van der Waals surface area contributed by atoms with Crippen LogP contribution in [-0.4, -0.2) is 0 Å². The average Bonchev–Trinajstić information content (AvgIpc) is 2.58. The molecular weight excluding hydrogens is 266 g/mol. The minimum Gasteiger partial charge on any atom is -0.399 e. The molecule has 1 aliphatic carbocycles. The van der Waals surface area contributed by atoms with Gasteiger partial charge in [-0.05, 0) is 59.9 Å². The van der Waals surface area contributed by atoms with Crippen LogP contribution in [0.1, 0.15) is 62.1 Å². The van der Waals surface area contributed by atoms with Crippen molar-refractivity contribution in [3.8, 4) is 0 Å². The van der Waals surface area contributed by atoms with Gasteiger partial charge in [0.2, 0.25) is 0 Å². The Balaban J connectivity index is 1.93. The molecule has 0 aliphatic heterocycles. The van der Waals surface area contributed by atoms with E-state index in [2.05, 4.69) is 43.3 Å². The summed E-state index contributed by atoms with van der Waals surface area (Å²) in [5, 5.41) is 0. The zero-order chi connectivity index (χ0) is 15.4. The number of hydrogen-bond acceptors (Lipinski definition) is 1. The van der Waals surface area contributed by atoms with Gasteiger partial charge in [0, 0.05) is 5.69 Å². The van der Waals surface area contributed by atoms with Crippen LogP contribution < -0.4 is 5.73 Å². The van der Waals surface area contributed by atoms with Gasteiger partial charge in [0.05, 0.1) is 0 Å². The second-order valence-electron chi connectivity index (χ2n) is 6.77. The summed E-state index contributed by atoms with van der Waals surface area (Å²) in [5.74, 6) is 0. The third kappa shape index (κ3) is 3.04. The van der Waals surface area contributed by atoms with Crippen molar-refractivity contribution in [2.24, 2.45) is 0 Å². The monoisotopic (exact) mass is 293 g/mol. The lowest BCUT2D eigenvalue weighted by atomic mass is 9.66. The third-order valence-electron chi connectivity index (χ3n) is 5.45. The molecule has 1 heteroatoms. The SMILES string of the molecule is CCC1(c2ccccc2Cc2ccc(N)cc2)CCCCC1. The van der Waals surface area contributed by atoms with Gasteiger partial charge in [-0.1, -0.05) is 62.6 Å². The van der Waals surface area contributed by atoms with Crippen LogP contribution in [0.4, 0.5) is 5.69 Å². The number of rotatable bonds is 4. The summed E-state index contributed by atoms with van der Waals surface area (Å²) in [5.41, 5.74) is 11.5. The summed E-state index contributed by atoms with van der Waals surface area (Å²) >= 11 is 0. The Morgan fingerprint density at radius 1 is 0.909 bits per heavy atom. The van der Waals surface area contributed by atoms with Crippen LogP contribution >= 0.6 is 0 Å². The van der Waals surface area contributed by atoms with Crippen LogP contribution in [0.2, 0.25) is 0 Å². The van der Waals surface area contributed by atoms with Crippen molar-refractivity contribution in [1.29, 1.82) is 0 Å². The molecule has 22 heavy (non-hydrogen) atoms. The number of nitrogen functional groups attached to an aromatic ring is 1. The molecule has 1 nitrogen and oxygen atoms in total. The predicted octanol–water partition coefficient (Wildman–Crippen LogP) is 5.47. The Morgan fingerprint density at radius 3 is 2.27 bits per heavy atom. The molecule has 1 aliphatic rings. The Kier molecular flexibility index (Phi) is 4.52. The maximum absolute atomic E-state index is 5.81. The fraction of sp³-hybridized carbons (Fsp3) is 0.429. The second kappa shape index (κ2) is 6.56. The molecule has 1 fully saturated rings. The van der Waals surface area contributed by atoms with Crippen molar-refractivity contribution in [3.05, 3.63) is 65.2 Å². The van der Waals surface area contributed by atoms with E-state index in [0.29, 0.717) is 5.41 Å². The molecule has 0 radical (unpaired) electrons. The first-order valence-corrected chi connectivity index (χ1v) is 8.66. The van der Waals surface area contributed by atoms with Crippen molar-refractivity contribution >= 4 is 5.69 Å². The lowest BCUT2D eigenvalue weighted by Crippen LogP contribution is -2.29. The summed E-state index contributed by atoms with van der Waals surface area (Å²) in [7, 11) is 0. The molecule has 0 aromatic heterocycles. The minimum atomic E-state index is 0.405. The molecule has 0 unspecified atom stereocenters. The van der Waals surface area contributed by atoms with Gasteiger partial charge in [0.1, 0.15) is 0 Å². The van der Waals surface area contributed by atoms with E-state index in [-0.39, 0.29) is 0 Å². The van der Waals surface area contributed by atoms with Crippen molar-refractivity contribution < 1.29 is 0 Å². The van der Waals surface area contributed by atoms with Gasteiger partial charge in [-0.3, -0.25) is 0 Å². The third-order valence-corrected chi connectivity index (χ3v) is 5.45. The molecular formula is C21H27N. The van der Waals surface area contributed by atoms with Crippen molar-refractivity contribution in [2.45, 2.75) is 57.3 Å². The lowest BCUT2D eigenvalue weighted by molar-refractivity contribution is 0.282. The van der Waals surface area contributed by atoms with Gasteiger partial charge >= 0.3 is 0 Å². The largest absolute Gasteiger partial charge is 0.399 e.